The number of aryl methyl sites for hydroxylation is 1. The molecule has 0 aliphatic carbocycles. The van der Waals surface area contributed by atoms with E-state index in [4.69, 9.17) is 4.74 Å². The Balaban J connectivity index is 2.03. The van der Waals surface area contributed by atoms with E-state index in [-0.39, 0.29) is 12.4 Å². The van der Waals surface area contributed by atoms with E-state index in [2.05, 4.69) is 15.9 Å². The summed E-state index contributed by atoms with van der Waals surface area (Å²) >= 11 is 3.42. The van der Waals surface area contributed by atoms with E-state index in [0.29, 0.717) is 10.2 Å². The molecule has 112 valence electrons. The Morgan fingerprint density at radius 2 is 1.91 bits per heavy atom. The van der Waals surface area contributed by atoms with Gasteiger partial charge >= 0.3 is 5.56 Å². The second-order valence-electron chi connectivity index (χ2n) is 5.06. The summed E-state index contributed by atoms with van der Waals surface area (Å²) in [6.45, 7) is 2.11. The number of pyridine rings is 1. The van der Waals surface area contributed by atoms with Crippen LogP contribution in [0.3, 0.4) is 0 Å². The zero-order valence-electron chi connectivity index (χ0n) is 11.9. The molecule has 3 aromatic rings. The first-order chi connectivity index (χ1) is 10.6. The van der Waals surface area contributed by atoms with E-state index in [1.807, 2.05) is 49.4 Å². The standard InChI is InChI=1S/C17H14BrNO3/c1-11-7-14(18)8-13-9-15(17(20)19(21)16(11)13)22-10-12-5-3-2-4-6-12/h2-9,21H,10H2,1H3. The highest BCUT2D eigenvalue weighted by molar-refractivity contribution is 9.10. The molecular weight excluding hydrogens is 346 g/mol. The third-order valence-corrected chi connectivity index (χ3v) is 3.89. The minimum Gasteiger partial charge on any atom is -0.483 e. The van der Waals surface area contributed by atoms with Gasteiger partial charge in [0.1, 0.15) is 6.61 Å². The lowest BCUT2D eigenvalue weighted by Gasteiger charge is -2.11. The van der Waals surface area contributed by atoms with Crippen molar-refractivity contribution in [1.82, 2.24) is 4.73 Å². The Bertz CT molecular complexity index is 888. The first kappa shape index (κ1) is 14.7. The molecule has 0 radical (unpaired) electrons. The average Bonchev–Trinajstić information content (AvgIpc) is 2.49. The van der Waals surface area contributed by atoms with E-state index in [0.717, 1.165) is 21.0 Å². The summed E-state index contributed by atoms with van der Waals surface area (Å²) in [6.07, 6.45) is 0. The van der Waals surface area contributed by atoms with Crippen LogP contribution in [0, 0.1) is 6.92 Å². The molecule has 2 aromatic carbocycles. The van der Waals surface area contributed by atoms with Crippen LogP contribution in [-0.2, 0) is 6.61 Å². The van der Waals surface area contributed by atoms with Crippen molar-refractivity contribution in [2.75, 3.05) is 0 Å². The molecule has 1 heterocycles. The van der Waals surface area contributed by atoms with E-state index < -0.39 is 5.56 Å². The Kier molecular flexibility index (Phi) is 3.90. The first-order valence-electron chi connectivity index (χ1n) is 6.78. The van der Waals surface area contributed by atoms with E-state index in [1.54, 1.807) is 6.07 Å². The van der Waals surface area contributed by atoms with Gasteiger partial charge in [0.05, 0.1) is 5.52 Å². The molecule has 0 bridgehead atoms. The van der Waals surface area contributed by atoms with Crippen LogP contribution in [0.25, 0.3) is 10.9 Å². The largest absolute Gasteiger partial charge is 0.483 e. The van der Waals surface area contributed by atoms with Gasteiger partial charge in [-0.05, 0) is 36.2 Å². The molecule has 0 saturated carbocycles. The Morgan fingerprint density at radius 1 is 1.18 bits per heavy atom. The molecule has 0 unspecified atom stereocenters. The lowest BCUT2D eigenvalue weighted by atomic mass is 10.1. The summed E-state index contributed by atoms with van der Waals surface area (Å²) in [5.41, 5.74) is 1.68. The summed E-state index contributed by atoms with van der Waals surface area (Å²) in [4.78, 5) is 12.2. The van der Waals surface area contributed by atoms with Gasteiger partial charge in [-0.3, -0.25) is 4.79 Å². The topological polar surface area (TPSA) is 51.5 Å². The number of hydrogen-bond donors (Lipinski definition) is 1. The number of benzene rings is 2. The van der Waals surface area contributed by atoms with Crippen molar-refractivity contribution in [2.45, 2.75) is 13.5 Å². The van der Waals surface area contributed by atoms with Gasteiger partial charge in [-0.25, -0.2) is 0 Å². The Labute approximate surface area is 135 Å². The third kappa shape index (κ3) is 2.72. The van der Waals surface area contributed by atoms with Crippen molar-refractivity contribution in [3.63, 3.8) is 0 Å². The zero-order chi connectivity index (χ0) is 15.7. The fourth-order valence-electron chi connectivity index (χ4n) is 2.41. The molecule has 0 aliphatic rings. The van der Waals surface area contributed by atoms with Crippen LogP contribution in [0.15, 0.2) is 57.8 Å². The Hall–Kier alpha value is -2.27. The van der Waals surface area contributed by atoms with Crippen molar-refractivity contribution < 1.29 is 9.94 Å². The summed E-state index contributed by atoms with van der Waals surface area (Å²) in [6, 6.07) is 14.9. The fourth-order valence-corrected chi connectivity index (χ4v) is 3.00. The van der Waals surface area contributed by atoms with Gasteiger partial charge in [-0.15, -0.1) is 4.73 Å². The van der Waals surface area contributed by atoms with Crippen LogP contribution in [-0.4, -0.2) is 9.94 Å². The number of fused-ring (bicyclic) bond motifs is 1. The van der Waals surface area contributed by atoms with E-state index in [1.165, 1.54) is 0 Å². The van der Waals surface area contributed by atoms with Crippen molar-refractivity contribution in [1.29, 1.82) is 0 Å². The molecule has 1 aromatic heterocycles. The van der Waals surface area contributed by atoms with Crippen LogP contribution >= 0.6 is 15.9 Å². The number of halogens is 1. The average molecular weight is 360 g/mol. The highest BCUT2D eigenvalue weighted by Crippen LogP contribution is 2.25. The van der Waals surface area contributed by atoms with Crippen LogP contribution in [0.5, 0.6) is 5.75 Å². The predicted molar refractivity (Wildman–Crippen MR) is 88.6 cm³/mol. The molecular formula is C17H14BrNO3. The minimum absolute atomic E-state index is 0.122. The molecule has 5 heteroatoms. The molecule has 1 N–H and O–H groups in total. The molecule has 0 aliphatic heterocycles. The summed E-state index contributed by atoms with van der Waals surface area (Å²) < 4.78 is 7.11. The smallest absolute Gasteiger partial charge is 0.325 e. The van der Waals surface area contributed by atoms with Crippen molar-refractivity contribution in [3.8, 4) is 5.75 Å². The number of rotatable bonds is 3. The molecule has 0 spiro atoms. The van der Waals surface area contributed by atoms with Gasteiger partial charge in [0.2, 0.25) is 0 Å². The predicted octanol–water partition coefficient (Wildman–Crippen LogP) is 3.89. The number of hydrogen-bond acceptors (Lipinski definition) is 3. The molecule has 0 amide bonds. The van der Waals surface area contributed by atoms with E-state index >= 15 is 0 Å². The quantitative estimate of drug-likeness (QED) is 0.721. The highest BCUT2D eigenvalue weighted by Gasteiger charge is 2.12. The normalized spacial score (nSPS) is 10.8. The monoisotopic (exact) mass is 359 g/mol. The maximum atomic E-state index is 12.2. The molecule has 0 fully saturated rings. The molecule has 22 heavy (non-hydrogen) atoms. The lowest BCUT2D eigenvalue weighted by Crippen LogP contribution is -2.20. The summed E-state index contributed by atoms with van der Waals surface area (Å²) in [7, 11) is 0. The first-order valence-corrected chi connectivity index (χ1v) is 7.57. The Morgan fingerprint density at radius 3 is 2.64 bits per heavy atom. The van der Waals surface area contributed by atoms with Crippen molar-refractivity contribution >= 4 is 26.8 Å². The second-order valence-corrected chi connectivity index (χ2v) is 5.98. The van der Waals surface area contributed by atoms with Gasteiger partial charge < -0.3 is 9.94 Å². The highest BCUT2D eigenvalue weighted by atomic mass is 79.9. The van der Waals surface area contributed by atoms with Crippen molar-refractivity contribution in [2.24, 2.45) is 0 Å². The second kappa shape index (κ2) is 5.85. The maximum absolute atomic E-state index is 12.2. The summed E-state index contributed by atoms with van der Waals surface area (Å²) in [5, 5.41) is 10.9. The van der Waals surface area contributed by atoms with Gasteiger partial charge in [0, 0.05) is 9.86 Å². The summed E-state index contributed by atoms with van der Waals surface area (Å²) in [5.74, 6) is 0.122. The lowest BCUT2D eigenvalue weighted by molar-refractivity contribution is 0.180. The van der Waals surface area contributed by atoms with Crippen molar-refractivity contribution in [3.05, 3.63) is 74.5 Å². The van der Waals surface area contributed by atoms with Gasteiger partial charge in [0.15, 0.2) is 5.75 Å². The molecule has 0 atom stereocenters. The van der Waals surface area contributed by atoms with Gasteiger partial charge in [-0.2, -0.15) is 0 Å². The number of aromatic nitrogens is 1. The maximum Gasteiger partial charge on any atom is 0.325 e. The van der Waals surface area contributed by atoms with Crippen LogP contribution in [0.2, 0.25) is 0 Å². The fraction of sp³-hybridized carbons (Fsp3) is 0.118. The molecule has 3 rings (SSSR count). The van der Waals surface area contributed by atoms with Gasteiger partial charge in [0.25, 0.3) is 0 Å². The zero-order valence-corrected chi connectivity index (χ0v) is 13.5. The third-order valence-electron chi connectivity index (χ3n) is 3.43. The number of nitrogens with zero attached hydrogens (tertiary/aromatic N) is 1. The van der Waals surface area contributed by atoms with Crippen LogP contribution in [0.1, 0.15) is 11.1 Å². The van der Waals surface area contributed by atoms with Gasteiger partial charge in [-0.1, -0.05) is 46.3 Å². The number of ether oxygens (including phenoxy) is 1. The van der Waals surface area contributed by atoms with E-state index in [9.17, 15) is 10.0 Å². The SMILES string of the molecule is Cc1cc(Br)cc2cc(OCc3ccccc3)c(=O)n(O)c12. The van der Waals surface area contributed by atoms with Crippen LogP contribution < -0.4 is 10.3 Å². The molecule has 0 saturated heterocycles. The molecule has 4 nitrogen and oxygen atoms in total. The van der Waals surface area contributed by atoms with Crippen LogP contribution in [0.4, 0.5) is 0 Å². The minimum atomic E-state index is -0.561.